The zero-order valence-electron chi connectivity index (χ0n) is 30.1. The molecular weight excluding hydrogens is 665 g/mol. The lowest BCUT2D eigenvalue weighted by Crippen LogP contribution is -1.95. The van der Waals surface area contributed by atoms with Crippen molar-refractivity contribution < 1.29 is 0 Å². The molecule has 12 rings (SSSR count). The minimum absolute atomic E-state index is 1.00. The Morgan fingerprint density at radius 3 is 1.78 bits per heavy atom. The van der Waals surface area contributed by atoms with Crippen LogP contribution in [0.5, 0.6) is 0 Å². The highest BCUT2D eigenvalue weighted by Crippen LogP contribution is 2.44. The van der Waals surface area contributed by atoms with Gasteiger partial charge in [-0.15, -0.1) is 0 Å². The normalized spacial score (nSPS) is 12.3. The van der Waals surface area contributed by atoms with E-state index in [1.165, 1.54) is 105 Å². The molecule has 2 heterocycles. The van der Waals surface area contributed by atoms with Crippen LogP contribution in [-0.4, -0.2) is 9.13 Å². The molecule has 1 aliphatic carbocycles. The molecule has 0 aliphatic heterocycles. The first-order valence-corrected chi connectivity index (χ1v) is 19.1. The van der Waals surface area contributed by atoms with E-state index in [-0.39, 0.29) is 0 Å². The standard InChI is InChI=1S/C53H34N2/c1-3-15-41-34(11-1)13-10-22-48(41)55-50-21-8-5-17-44(50)46-29-25-37(33-52(46)55)36-26-30-51-47(32-36)45-18-6-7-20-49(45)54(51)40-27-23-35(24-28-40)42-19-9-14-39-31-38-12-2-4-16-43(38)53(39)42/h1-30,32-33H,31H2. The molecule has 2 nitrogen and oxygen atoms in total. The molecule has 0 saturated carbocycles. The van der Waals surface area contributed by atoms with Gasteiger partial charge in [-0.1, -0.05) is 146 Å². The van der Waals surface area contributed by atoms with Gasteiger partial charge in [-0.2, -0.15) is 0 Å². The van der Waals surface area contributed by atoms with Crippen molar-refractivity contribution in [1.29, 1.82) is 0 Å². The van der Waals surface area contributed by atoms with Crippen LogP contribution >= 0.6 is 0 Å². The number of benzene rings is 9. The number of hydrogen-bond donors (Lipinski definition) is 0. The fraction of sp³-hybridized carbons (Fsp3) is 0.0189. The zero-order chi connectivity index (χ0) is 36.0. The number of hydrogen-bond acceptors (Lipinski definition) is 0. The lowest BCUT2D eigenvalue weighted by atomic mass is 9.94. The number of aromatic nitrogens is 2. The molecular formula is C53H34N2. The van der Waals surface area contributed by atoms with Crippen LogP contribution in [0.3, 0.4) is 0 Å². The Morgan fingerprint density at radius 2 is 0.909 bits per heavy atom. The van der Waals surface area contributed by atoms with Crippen molar-refractivity contribution in [2.24, 2.45) is 0 Å². The van der Waals surface area contributed by atoms with Gasteiger partial charge in [0.05, 0.1) is 27.8 Å². The SMILES string of the molecule is c1ccc2c(c1)Cc1cccc(-c3ccc(-n4c5ccccc5c5cc(-c6ccc7c8ccccc8n(-c8cccc9ccccc89)c7c6)ccc54)cc3)c1-2. The summed E-state index contributed by atoms with van der Waals surface area (Å²) in [5.41, 5.74) is 17.8. The maximum atomic E-state index is 2.45. The van der Waals surface area contributed by atoms with Crippen LogP contribution in [0.4, 0.5) is 0 Å². The molecule has 0 radical (unpaired) electrons. The van der Waals surface area contributed by atoms with Crippen molar-refractivity contribution in [2.45, 2.75) is 6.42 Å². The average Bonchev–Trinajstić information content (AvgIpc) is 3.91. The van der Waals surface area contributed by atoms with Gasteiger partial charge >= 0.3 is 0 Å². The average molecular weight is 699 g/mol. The summed E-state index contributed by atoms with van der Waals surface area (Å²) in [5, 5.41) is 7.53. The van der Waals surface area contributed by atoms with Crippen molar-refractivity contribution in [3.63, 3.8) is 0 Å². The van der Waals surface area contributed by atoms with E-state index in [1.807, 2.05) is 0 Å². The van der Waals surface area contributed by atoms with Gasteiger partial charge in [-0.3, -0.25) is 0 Å². The third-order valence-corrected chi connectivity index (χ3v) is 11.9. The minimum Gasteiger partial charge on any atom is -0.309 e. The number of nitrogens with zero attached hydrogens (tertiary/aromatic N) is 2. The molecule has 2 aromatic heterocycles. The number of fused-ring (bicyclic) bond motifs is 10. The lowest BCUT2D eigenvalue weighted by molar-refractivity contribution is 1.18. The second-order valence-corrected chi connectivity index (χ2v) is 14.9. The Kier molecular flexibility index (Phi) is 6.43. The Hall–Kier alpha value is -7.16. The fourth-order valence-corrected chi connectivity index (χ4v) is 9.46. The van der Waals surface area contributed by atoms with Gasteiger partial charge < -0.3 is 9.13 Å². The summed E-state index contributed by atoms with van der Waals surface area (Å²) in [6, 6.07) is 71.7. The van der Waals surface area contributed by atoms with Gasteiger partial charge in [0, 0.05) is 32.6 Å². The van der Waals surface area contributed by atoms with E-state index in [0.29, 0.717) is 0 Å². The summed E-state index contributed by atoms with van der Waals surface area (Å²) < 4.78 is 4.87. The van der Waals surface area contributed by atoms with Crippen LogP contribution in [0.15, 0.2) is 194 Å². The Labute approximate surface area is 318 Å². The molecule has 256 valence electrons. The molecule has 55 heavy (non-hydrogen) atoms. The van der Waals surface area contributed by atoms with Gasteiger partial charge in [0.2, 0.25) is 0 Å². The summed E-state index contributed by atoms with van der Waals surface area (Å²) in [7, 11) is 0. The molecule has 0 N–H and O–H groups in total. The van der Waals surface area contributed by atoms with E-state index in [1.54, 1.807) is 0 Å². The Balaban J connectivity index is 0.996. The van der Waals surface area contributed by atoms with Crippen molar-refractivity contribution in [3.05, 3.63) is 205 Å². The predicted molar refractivity (Wildman–Crippen MR) is 232 cm³/mol. The quantitative estimate of drug-likeness (QED) is 0.173. The van der Waals surface area contributed by atoms with E-state index in [0.717, 1.165) is 12.1 Å². The van der Waals surface area contributed by atoms with E-state index >= 15 is 0 Å². The lowest BCUT2D eigenvalue weighted by Gasteiger charge is -2.13. The van der Waals surface area contributed by atoms with Gasteiger partial charge in [-0.05, 0) is 105 Å². The van der Waals surface area contributed by atoms with Gasteiger partial charge in [0.1, 0.15) is 0 Å². The minimum atomic E-state index is 1.00. The first-order chi connectivity index (χ1) is 27.3. The van der Waals surface area contributed by atoms with Crippen LogP contribution in [-0.2, 0) is 6.42 Å². The molecule has 0 saturated heterocycles. The smallest absolute Gasteiger partial charge is 0.0547 e. The zero-order valence-corrected chi connectivity index (χ0v) is 30.1. The van der Waals surface area contributed by atoms with Crippen molar-refractivity contribution in [1.82, 2.24) is 9.13 Å². The van der Waals surface area contributed by atoms with E-state index < -0.39 is 0 Å². The summed E-state index contributed by atoms with van der Waals surface area (Å²) in [6.07, 6.45) is 1.00. The molecule has 0 unspecified atom stereocenters. The molecule has 1 aliphatic rings. The molecule has 0 amide bonds. The van der Waals surface area contributed by atoms with E-state index in [9.17, 15) is 0 Å². The highest BCUT2D eigenvalue weighted by atomic mass is 15.0. The van der Waals surface area contributed by atoms with Crippen LogP contribution in [0.25, 0.3) is 99.1 Å². The Morgan fingerprint density at radius 1 is 0.327 bits per heavy atom. The second-order valence-electron chi connectivity index (χ2n) is 14.9. The van der Waals surface area contributed by atoms with Gasteiger partial charge in [-0.25, -0.2) is 0 Å². The van der Waals surface area contributed by atoms with Crippen LogP contribution < -0.4 is 0 Å². The maximum absolute atomic E-state index is 2.45. The molecule has 9 aromatic carbocycles. The summed E-state index contributed by atoms with van der Waals surface area (Å²) in [5.74, 6) is 0. The summed E-state index contributed by atoms with van der Waals surface area (Å²) in [6.45, 7) is 0. The largest absolute Gasteiger partial charge is 0.309 e. The molecule has 0 spiro atoms. The molecule has 0 atom stereocenters. The summed E-state index contributed by atoms with van der Waals surface area (Å²) >= 11 is 0. The number of para-hydroxylation sites is 2. The van der Waals surface area contributed by atoms with Gasteiger partial charge in [0.25, 0.3) is 0 Å². The Bertz CT molecular complexity index is 3330. The van der Waals surface area contributed by atoms with Crippen LogP contribution in [0.1, 0.15) is 11.1 Å². The first-order valence-electron chi connectivity index (χ1n) is 19.1. The maximum Gasteiger partial charge on any atom is 0.0547 e. The predicted octanol–water partition coefficient (Wildman–Crippen LogP) is 13.9. The van der Waals surface area contributed by atoms with Crippen LogP contribution in [0.2, 0.25) is 0 Å². The van der Waals surface area contributed by atoms with E-state index in [2.05, 4.69) is 203 Å². The fourth-order valence-electron chi connectivity index (χ4n) is 9.46. The van der Waals surface area contributed by atoms with Gasteiger partial charge in [0.15, 0.2) is 0 Å². The van der Waals surface area contributed by atoms with Crippen molar-refractivity contribution in [2.75, 3.05) is 0 Å². The molecule has 11 aromatic rings. The highest BCUT2D eigenvalue weighted by molar-refractivity contribution is 6.13. The second kappa shape index (κ2) is 11.7. The van der Waals surface area contributed by atoms with Crippen molar-refractivity contribution >= 4 is 54.4 Å². The van der Waals surface area contributed by atoms with Crippen molar-refractivity contribution in [3.8, 4) is 44.8 Å². The first kappa shape index (κ1) is 30.3. The van der Waals surface area contributed by atoms with E-state index in [4.69, 9.17) is 0 Å². The van der Waals surface area contributed by atoms with Crippen LogP contribution in [0, 0.1) is 0 Å². The highest BCUT2D eigenvalue weighted by Gasteiger charge is 2.22. The number of rotatable bonds is 4. The topological polar surface area (TPSA) is 9.86 Å². The molecule has 2 heteroatoms. The third kappa shape index (κ3) is 4.49. The monoisotopic (exact) mass is 698 g/mol. The summed E-state index contributed by atoms with van der Waals surface area (Å²) in [4.78, 5) is 0. The third-order valence-electron chi connectivity index (χ3n) is 11.9. The molecule has 0 bridgehead atoms. The molecule has 0 fully saturated rings.